The highest BCUT2D eigenvalue weighted by Gasteiger charge is 2.30. The Hall–Kier alpha value is -1.03. The zero-order valence-corrected chi connectivity index (χ0v) is 13.1. The predicted octanol–water partition coefficient (Wildman–Crippen LogP) is 0.341. The number of hydrogen-bond acceptors (Lipinski definition) is 5. The summed E-state index contributed by atoms with van der Waals surface area (Å²) < 4.78 is 62.5. The number of rotatable bonds is 3. The molecule has 118 valence electrons. The molecule has 1 aromatic carbocycles. The first-order valence-electron chi connectivity index (χ1n) is 6.38. The number of sulfone groups is 1. The minimum atomic E-state index is -3.86. The second-order valence-electron chi connectivity index (χ2n) is 5.13. The lowest BCUT2D eigenvalue weighted by Gasteiger charge is -2.29. The van der Waals surface area contributed by atoms with E-state index < -0.39 is 30.6 Å². The molecular weight excluding hydrogens is 319 g/mol. The third-order valence-corrected chi connectivity index (χ3v) is 6.35. The van der Waals surface area contributed by atoms with Gasteiger partial charge in [-0.25, -0.2) is 21.2 Å². The van der Waals surface area contributed by atoms with E-state index in [1.54, 1.807) is 0 Å². The average molecular weight is 336 g/mol. The summed E-state index contributed by atoms with van der Waals surface area (Å²) in [5, 5.41) is 0. The minimum absolute atomic E-state index is 0.178. The second kappa shape index (κ2) is 5.64. The van der Waals surface area contributed by atoms with E-state index in [4.69, 9.17) is 5.73 Å². The van der Waals surface area contributed by atoms with Crippen LogP contribution >= 0.6 is 0 Å². The van der Waals surface area contributed by atoms with E-state index in [0.717, 1.165) is 30.9 Å². The van der Waals surface area contributed by atoms with Gasteiger partial charge in [-0.15, -0.1) is 0 Å². The Bertz CT molecular complexity index is 747. The van der Waals surface area contributed by atoms with E-state index in [2.05, 4.69) is 0 Å². The first-order valence-corrected chi connectivity index (χ1v) is 9.71. The summed E-state index contributed by atoms with van der Waals surface area (Å²) in [4.78, 5) is -0.779. The first kappa shape index (κ1) is 16.3. The van der Waals surface area contributed by atoms with Crippen molar-refractivity contribution in [2.24, 2.45) is 5.73 Å². The lowest BCUT2D eigenvalue weighted by Crippen LogP contribution is -2.45. The van der Waals surface area contributed by atoms with Crippen molar-refractivity contribution < 1.29 is 21.2 Å². The van der Waals surface area contributed by atoms with Crippen molar-refractivity contribution in [1.29, 1.82) is 0 Å². The van der Waals surface area contributed by atoms with Gasteiger partial charge in [0.05, 0.1) is 4.90 Å². The van der Waals surface area contributed by atoms with Gasteiger partial charge in [0.1, 0.15) is 10.7 Å². The van der Waals surface area contributed by atoms with E-state index >= 15 is 0 Å². The zero-order valence-electron chi connectivity index (χ0n) is 11.5. The van der Waals surface area contributed by atoms with Gasteiger partial charge in [-0.3, -0.25) is 0 Å². The molecule has 1 saturated heterocycles. The van der Waals surface area contributed by atoms with Crippen molar-refractivity contribution in [2.45, 2.75) is 28.7 Å². The first-order chi connectivity index (χ1) is 9.62. The Morgan fingerprint density at radius 1 is 1.29 bits per heavy atom. The van der Waals surface area contributed by atoms with Crippen LogP contribution < -0.4 is 5.73 Å². The molecular formula is C12H17FN2O4S2. The molecule has 0 spiro atoms. The highest BCUT2D eigenvalue weighted by Crippen LogP contribution is 2.23. The molecule has 1 unspecified atom stereocenters. The SMILES string of the molecule is CS(=O)(=O)c1ccc(S(=O)(=O)N2CCCC(N)C2)cc1F. The molecule has 1 heterocycles. The van der Waals surface area contributed by atoms with Crippen LogP contribution in [0.5, 0.6) is 0 Å². The lowest BCUT2D eigenvalue weighted by atomic mass is 10.1. The Morgan fingerprint density at radius 3 is 2.48 bits per heavy atom. The van der Waals surface area contributed by atoms with Crippen molar-refractivity contribution in [1.82, 2.24) is 4.31 Å². The summed E-state index contributed by atoms with van der Waals surface area (Å²) in [5.74, 6) is -1.07. The topological polar surface area (TPSA) is 97.5 Å². The average Bonchev–Trinajstić information content (AvgIpc) is 2.37. The molecule has 0 aromatic heterocycles. The van der Waals surface area contributed by atoms with Gasteiger partial charge in [-0.1, -0.05) is 0 Å². The van der Waals surface area contributed by atoms with Gasteiger partial charge in [-0.05, 0) is 31.0 Å². The fraction of sp³-hybridized carbons (Fsp3) is 0.500. The number of nitrogens with zero attached hydrogens (tertiary/aromatic N) is 1. The van der Waals surface area contributed by atoms with Crippen LogP contribution in [0, 0.1) is 5.82 Å². The molecule has 1 aromatic rings. The van der Waals surface area contributed by atoms with Crippen LogP contribution in [0.25, 0.3) is 0 Å². The number of sulfonamides is 1. The van der Waals surface area contributed by atoms with E-state index in [-0.39, 0.29) is 17.5 Å². The van der Waals surface area contributed by atoms with Crippen LogP contribution in [-0.2, 0) is 19.9 Å². The maximum atomic E-state index is 13.8. The van der Waals surface area contributed by atoms with Gasteiger partial charge in [0.15, 0.2) is 9.84 Å². The molecule has 2 N–H and O–H groups in total. The van der Waals surface area contributed by atoms with Crippen LogP contribution in [0.1, 0.15) is 12.8 Å². The highest BCUT2D eigenvalue weighted by molar-refractivity contribution is 7.90. The summed E-state index contributed by atoms with van der Waals surface area (Å²) in [5.41, 5.74) is 5.75. The van der Waals surface area contributed by atoms with Gasteiger partial charge >= 0.3 is 0 Å². The molecule has 0 radical (unpaired) electrons. The number of piperidine rings is 1. The standard InChI is InChI=1S/C12H17FN2O4S2/c1-20(16,17)12-5-4-10(7-11(12)13)21(18,19)15-6-2-3-9(14)8-15/h4-5,7,9H,2-3,6,8,14H2,1H3. The van der Waals surface area contributed by atoms with E-state index in [0.29, 0.717) is 13.0 Å². The molecule has 1 aliphatic heterocycles. The molecule has 0 amide bonds. The summed E-state index contributed by atoms with van der Waals surface area (Å²) in [6.45, 7) is 0.503. The van der Waals surface area contributed by atoms with Crippen molar-refractivity contribution in [3.63, 3.8) is 0 Å². The van der Waals surface area contributed by atoms with E-state index in [1.807, 2.05) is 0 Å². The zero-order chi connectivity index (χ0) is 15.8. The maximum Gasteiger partial charge on any atom is 0.243 e. The van der Waals surface area contributed by atoms with Crippen molar-refractivity contribution >= 4 is 19.9 Å². The predicted molar refractivity (Wildman–Crippen MR) is 75.5 cm³/mol. The van der Waals surface area contributed by atoms with Gasteiger partial charge in [0.25, 0.3) is 0 Å². The summed E-state index contributed by atoms with van der Waals surface area (Å²) >= 11 is 0. The molecule has 6 nitrogen and oxygen atoms in total. The van der Waals surface area contributed by atoms with Crippen LogP contribution in [0.3, 0.4) is 0 Å². The fourth-order valence-corrected chi connectivity index (χ4v) is 4.56. The van der Waals surface area contributed by atoms with Gasteiger partial charge in [0.2, 0.25) is 10.0 Å². The molecule has 9 heteroatoms. The molecule has 2 rings (SSSR count). The van der Waals surface area contributed by atoms with Crippen LogP contribution in [0.2, 0.25) is 0 Å². The second-order valence-corrected chi connectivity index (χ2v) is 9.05. The number of nitrogens with two attached hydrogens (primary N) is 1. The van der Waals surface area contributed by atoms with Crippen molar-refractivity contribution in [3.8, 4) is 0 Å². The van der Waals surface area contributed by atoms with Crippen LogP contribution in [0.15, 0.2) is 28.0 Å². The molecule has 0 bridgehead atoms. The molecule has 1 fully saturated rings. The third-order valence-electron chi connectivity index (χ3n) is 3.36. The molecule has 0 saturated carbocycles. The fourth-order valence-electron chi connectivity index (χ4n) is 2.28. The van der Waals surface area contributed by atoms with Gasteiger partial charge in [-0.2, -0.15) is 4.31 Å². The largest absolute Gasteiger partial charge is 0.327 e. The highest BCUT2D eigenvalue weighted by atomic mass is 32.2. The van der Waals surface area contributed by atoms with Crippen molar-refractivity contribution in [3.05, 3.63) is 24.0 Å². The third kappa shape index (κ3) is 3.42. The Balaban J connectivity index is 2.40. The smallest absolute Gasteiger partial charge is 0.243 e. The van der Waals surface area contributed by atoms with Crippen molar-refractivity contribution in [2.75, 3.05) is 19.3 Å². The number of benzene rings is 1. The molecule has 0 aliphatic carbocycles. The van der Waals surface area contributed by atoms with E-state index in [1.165, 1.54) is 4.31 Å². The Morgan fingerprint density at radius 2 is 1.95 bits per heavy atom. The number of halogens is 1. The van der Waals surface area contributed by atoms with Gasteiger partial charge in [0, 0.05) is 25.4 Å². The Labute approximate surface area is 123 Å². The lowest BCUT2D eigenvalue weighted by molar-refractivity contribution is 0.316. The van der Waals surface area contributed by atoms with Crippen LogP contribution in [0.4, 0.5) is 4.39 Å². The van der Waals surface area contributed by atoms with Gasteiger partial charge < -0.3 is 5.73 Å². The normalized spacial score (nSPS) is 21.4. The molecule has 1 aliphatic rings. The summed E-state index contributed by atoms with van der Waals surface area (Å²) in [7, 11) is -7.59. The molecule has 1 atom stereocenters. The Kier molecular flexibility index (Phi) is 4.39. The quantitative estimate of drug-likeness (QED) is 0.858. The monoisotopic (exact) mass is 336 g/mol. The summed E-state index contributed by atoms with van der Waals surface area (Å²) in [6, 6.07) is 2.58. The number of hydrogen-bond donors (Lipinski definition) is 1. The minimum Gasteiger partial charge on any atom is -0.327 e. The maximum absolute atomic E-state index is 13.8. The summed E-state index contributed by atoms with van der Waals surface area (Å²) in [6.07, 6.45) is 2.25. The molecule has 21 heavy (non-hydrogen) atoms. The van der Waals surface area contributed by atoms with E-state index in [9.17, 15) is 21.2 Å². The van der Waals surface area contributed by atoms with Crippen LogP contribution in [-0.4, -0.2) is 46.5 Å².